The molecule has 0 saturated carbocycles. The minimum Gasteiger partial charge on any atom is -0.321 e. The second-order valence-corrected chi connectivity index (χ2v) is 4.15. The molecule has 16 heavy (non-hydrogen) atoms. The van der Waals surface area contributed by atoms with Crippen molar-refractivity contribution in [3.05, 3.63) is 41.2 Å². The molecule has 1 aromatic rings. The van der Waals surface area contributed by atoms with E-state index in [4.69, 9.17) is 12.3 Å². The summed E-state index contributed by atoms with van der Waals surface area (Å²) in [6.45, 7) is 10.6. The first-order chi connectivity index (χ1) is 7.54. The second kappa shape index (κ2) is 5.43. The van der Waals surface area contributed by atoms with Gasteiger partial charge in [-0.05, 0) is 6.42 Å². The molecule has 0 spiro atoms. The molecule has 0 aromatic heterocycles. The fourth-order valence-corrected chi connectivity index (χ4v) is 1.54. The predicted octanol–water partition coefficient (Wildman–Crippen LogP) is 2.33. The Morgan fingerprint density at radius 2 is 2.19 bits per heavy atom. The highest BCUT2D eigenvalue weighted by Crippen LogP contribution is 2.15. The summed E-state index contributed by atoms with van der Waals surface area (Å²) in [4.78, 5) is 15.0. The van der Waals surface area contributed by atoms with E-state index in [1.54, 1.807) is 12.1 Å². The van der Waals surface area contributed by atoms with Crippen LogP contribution in [0.25, 0.3) is 4.85 Å². The van der Waals surface area contributed by atoms with Gasteiger partial charge in [0.05, 0.1) is 12.6 Å². The van der Waals surface area contributed by atoms with Crippen molar-refractivity contribution in [3.63, 3.8) is 0 Å². The van der Waals surface area contributed by atoms with E-state index in [-0.39, 0.29) is 11.7 Å². The summed E-state index contributed by atoms with van der Waals surface area (Å²) in [5, 5.41) is 0. The van der Waals surface area contributed by atoms with E-state index in [1.807, 2.05) is 26.0 Å². The molecule has 0 aliphatic heterocycles. The first kappa shape index (κ1) is 12.4. The van der Waals surface area contributed by atoms with Crippen LogP contribution < -0.4 is 5.73 Å². The van der Waals surface area contributed by atoms with E-state index in [9.17, 15) is 4.79 Å². The van der Waals surface area contributed by atoms with Crippen LogP contribution in [0, 0.1) is 12.5 Å². The van der Waals surface area contributed by atoms with Crippen LogP contribution >= 0.6 is 0 Å². The Bertz CT molecular complexity index is 418. The zero-order valence-electron chi connectivity index (χ0n) is 9.60. The lowest BCUT2D eigenvalue weighted by Crippen LogP contribution is -2.35. The van der Waals surface area contributed by atoms with Gasteiger partial charge in [-0.25, -0.2) is 4.85 Å². The largest absolute Gasteiger partial charge is 0.321 e. The minimum absolute atomic E-state index is 0.0426. The third kappa shape index (κ3) is 3.18. The van der Waals surface area contributed by atoms with Gasteiger partial charge in [0, 0.05) is 5.92 Å². The van der Waals surface area contributed by atoms with Crippen LogP contribution in [0.5, 0.6) is 0 Å². The van der Waals surface area contributed by atoms with Crippen molar-refractivity contribution in [2.75, 3.05) is 0 Å². The minimum atomic E-state index is -0.471. The fraction of sp³-hybridized carbons (Fsp3) is 0.385. The Hall–Kier alpha value is -1.66. The van der Waals surface area contributed by atoms with E-state index < -0.39 is 6.04 Å². The van der Waals surface area contributed by atoms with Crippen molar-refractivity contribution in [3.8, 4) is 0 Å². The maximum absolute atomic E-state index is 11.6. The summed E-state index contributed by atoms with van der Waals surface area (Å²) < 4.78 is 0. The van der Waals surface area contributed by atoms with Gasteiger partial charge < -0.3 is 5.73 Å². The van der Waals surface area contributed by atoms with Gasteiger partial charge in [-0.15, -0.1) is 0 Å². The maximum atomic E-state index is 11.6. The Balaban J connectivity index is 2.74. The molecule has 84 valence electrons. The van der Waals surface area contributed by atoms with Gasteiger partial charge in [0.25, 0.3) is 0 Å². The summed E-state index contributed by atoms with van der Waals surface area (Å²) >= 11 is 0. The molecule has 0 saturated heterocycles. The molecule has 2 N–H and O–H groups in total. The molecule has 3 heteroatoms. The lowest BCUT2D eigenvalue weighted by Gasteiger charge is -2.13. The number of ketones is 1. The molecule has 0 fully saturated rings. The highest BCUT2D eigenvalue weighted by molar-refractivity contribution is 5.85. The summed E-state index contributed by atoms with van der Waals surface area (Å²) in [6, 6.07) is 6.76. The zero-order chi connectivity index (χ0) is 12.1. The number of benzene rings is 1. The molecule has 0 heterocycles. The standard InChI is InChI=1S/C13H16N2O/c1-9(2)13(16)12(14)8-10-5-4-6-11(7-10)15-3/h4-7,9,12H,8,14H2,1-2H3. The average Bonchev–Trinajstić information content (AvgIpc) is 2.28. The first-order valence-electron chi connectivity index (χ1n) is 5.30. The summed E-state index contributed by atoms with van der Waals surface area (Å²) in [5.74, 6) is 0.0206. The van der Waals surface area contributed by atoms with E-state index >= 15 is 0 Å². The van der Waals surface area contributed by atoms with Gasteiger partial charge >= 0.3 is 0 Å². The molecule has 1 rings (SSSR count). The molecular formula is C13H16N2O. The van der Waals surface area contributed by atoms with Gasteiger partial charge in [-0.2, -0.15) is 0 Å². The van der Waals surface area contributed by atoms with E-state index in [0.29, 0.717) is 12.1 Å². The van der Waals surface area contributed by atoms with Crippen molar-refractivity contribution in [1.29, 1.82) is 0 Å². The first-order valence-corrected chi connectivity index (χ1v) is 5.30. The van der Waals surface area contributed by atoms with Crippen LogP contribution in [0.1, 0.15) is 19.4 Å². The van der Waals surface area contributed by atoms with Crippen LogP contribution in [0.4, 0.5) is 5.69 Å². The van der Waals surface area contributed by atoms with Crippen molar-refractivity contribution in [2.45, 2.75) is 26.3 Å². The number of hydrogen-bond acceptors (Lipinski definition) is 2. The van der Waals surface area contributed by atoms with Gasteiger partial charge in [0.1, 0.15) is 0 Å². The quantitative estimate of drug-likeness (QED) is 0.785. The number of Topliss-reactive ketones (excluding diaryl/α,β-unsaturated/α-hetero) is 1. The number of nitrogens with two attached hydrogens (primary N) is 1. The number of nitrogens with zero attached hydrogens (tertiary/aromatic N) is 1. The van der Waals surface area contributed by atoms with Crippen LogP contribution in [-0.2, 0) is 11.2 Å². The van der Waals surface area contributed by atoms with Gasteiger partial charge in [0.2, 0.25) is 0 Å². The Morgan fingerprint density at radius 3 is 2.75 bits per heavy atom. The lowest BCUT2D eigenvalue weighted by atomic mass is 9.96. The average molecular weight is 216 g/mol. The highest BCUT2D eigenvalue weighted by Gasteiger charge is 2.17. The molecular weight excluding hydrogens is 200 g/mol. The van der Waals surface area contributed by atoms with Crippen molar-refractivity contribution in [1.82, 2.24) is 0 Å². The Kier molecular flexibility index (Phi) is 4.21. The molecule has 0 radical (unpaired) electrons. The number of rotatable bonds is 4. The van der Waals surface area contributed by atoms with Crippen molar-refractivity contribution < 1.29 is 4.79 Å². The van der Waals surface area contributed by atoms with Gasteiger partial charge in [-0.1, -0.05) is 43.7 Å². The van der Waals surface area contributed by atoms with E-state index in [1.165, 1.54) is 0 Å². The van der Waals surface area contributed by atoms with Gasteiger partial charge in [0.15, 0.2) is 11.5 Å². The maximum Gasteiger partial charge on any atom is 0.187 e. The number of carbonyl (C=O) groups excluding carboxylic acids is 1. The summed E-state index contributed by atoms with van der Waals surface area (Å²) in [5.41, 5.74) is 7.34. The smallest absolute Gasteiger partial charge is 0.187 e. The van der Waals surface area contributed by atoms with Gasteiger partial charge in [-0.3, -0.25) is 4.79 Å². The van der Waals surface area contributed by atoms with Crippen molar-refractivity contribution in [2.24, 2.45) is 11.7 Å². The Morgan fingerprint density at radius 1 is 1.50 bits per heavy atom. The molecule has 0 aliphatic carbocycles. The molecule has 1 atom stereocenters. The number of carbonyl (C=O) groups is 1. The lowest BCUT2D eigenvalue weighted by molar-refractivity contribution is -0.123. The van der Waals surface area contributed by atoms with Crippen LogP contribution in [0.3, 0.4) is 0 Å². The van der Waals surface area contributed by atoms with E-state index in [2.05, 4.69) is 4.85 Å². The number of hydrogen-bond donors (Lipinski definition) is 1. The van der Waals surface area contributed by atoms with E-state index in [0.717, 1.165) is 5.56 Å². The fourth-order valence-electron chi connectivity index (χ4n) is 1.54. The highest BCUT2D eigenvalue weighted by atomic mass is 16.1. The SMILES string of the molecule is [C-]#[N+]c1cccc(CC(N)C(=O)C(C)C)c1. The summed E-state index contributed by atoms with van der Waals surface area (Å²) in [7, 11) is 0. The Labute approximate surface area is 96.1 Å². The molecule has 0 amide bonds. The van der Waals surface area contributed by atoms with Crippen molar-refractivity contribution >= 4 is 11.5 Å². The topological polar surface area (TPSA) is 47.5 Å². The molecule has 3 nitrogen and oxygen atoms in total. The molecule has 0 bridgehead atoms. The van der Waals surface area contributed by atoms with Crippen LogP contribution in [-0.4, -0.2) is 11.8 Å². The normalized spacial score (nSPS) is 12.2. The molecule has 1 aromatic carbocycles. The van der Waals surface area contributed by atoms with Crippen LogP contribution in [0.2, 0.25) is 0 Å². The predicted molar refractivity (Wildman–Crippen MR) is 64.2 cm³/mol. The third-order valence-corrected chi connectivity index (χ3v) is 2.43. The summed E-state index contributed by atoms with van der Waals surface area (Å²) in [6.07, 6.45) is 0.500. The zero-order valence-corrected chi connectivity index (χ0v) is 9.60. The monoisotopic (exact) mass is 216 g/mol. The second-order valence-electron chi connectivity index (χ2n) is 4.15. The molecule has 0 aliphatic rings. The third-order valence-electron chi connectivity index (χ3n) is 2.43. The molecule has 1 unspecified atom stereocenters. The van der Waals surface area contributed by atoms with Crippen LogP contribution in [0.15, 0.2) is 24.3 Å².